The molecular formula is C24H34N2O. The molecule has 3 nitrogen and oxygen atoms in total. The van der Waals surface area contributed by atoms with Gasteiger partial charge in [0.15, 0.2) is 0 Å². The van der Waals surface area contributed by atoms with Gasteiger partial charge in [0.25, 0.3) is 0 Å². The number of likely N-dealkylation sites (N-methyl/N-ethyl adjacent to an activating group) is 2. The van der Waals surface area contributed by atoms with Crippen LogP contribution in [0, 0.1) is 5.92 Å². The van der Waals surface area contributed by atoms with E-state index in [9.17, 15) is 0 Å². The average molecular weight is 367 g/mol. The van der Waals surface area contributed by atoms with Crippen molar-refractivity contribution in [3.05, 3.63) is 65.7 Å². The molecule has 2 aromatic rings. The monoisotopic (exact) mass is 366 g/mol. The molecule has 0 aromatic heterocycles. The minimum atomic E-state index is 0.578. The molecule has 0 spiro atoms. The number of piperazine rings is 1. The van der Waals surface area contributed by atoms with Crippen LogP contribution in [0.4, 0.5) is 0 Å². The van der Waals surface area contributed by atoms with Crippen molar-refractivity contribution in [1.82, 2.24) is 9.80 Å². The van der Waals surface area contributed by atoms with Crippen molar-refractivity contribution < 1.29 is 4.74 Å². The fraction of sp³-hybridized carbons (Fsp3) is 0.500. The van der Waals surface area contributed by atoms with Gasteiger partial charge >= 0.3 is 0 Å². The summed E-state index contributed by atoms with van der Waals surface area (Å²) in [5.74, 6) is 1.69. The number of rotatable bonds is 7. The number of hydrogen-bond acceptors (Lipinski definition) is 3. The first-order valence-corrected chi connectivity index (χ1v) is 10.2. The Morgan fingerprint density at radius 2 is 1.48 bits per heavy atom. The van der Waals surface area contributed by atoms with Crippen molar-refractivity contribution in [2.24, 2.45) is 5.92 Å². The van der Waals surface area contributed by atoms with Crippen LogP contribution < -0.4 is 4.74 Å². The highest BCUT2D eigenvalue weighted by Gasteiger charge is 2.29. The molecule has 0 aliphatic carbocycles. The lowest BCUT2D eigenvalue weighted by Crippen LogP contribution is -2.56. The molecule has 0 saturated carbocycles. The standard InChI is InChI=1S/C24H34N2O/c1-19(2)14-22-16-26(4)23(17-25(22)3)15-20-10-12-24(13-11-20)27-18-21-8-6-5-7-9-21/h5-13,19,22-23H,14-18H2,1-4H3/t22-,23-/m1/s1. The van der Waals surface area contributed by atoms with Crippen LogP contribution in [0.5, 0.6) is 5.75 Å². The van der Waals surface area contributed by atoms with E-state index in [1.165, 1.54) is 17.5 Å². The van der Waals surface area contributed by atoms with E-state index in [0.717, 1.165) is 31.2 Å². The molecule has 27 heavy (non-hydrogen) atoms. The van der Waals surface area contributed by atoms with Gasteiger partial charge < -0.3 is 14.5 Å². The minimum absolute atomic E-state index is 0.578. The van der Waals surface area contributed by atoms with Gasteiger partial charge in [0, 0.05) is 25.2 Å². The van der Waals surface area contributed by atoms with Gasteiger partial charge in [-0.15, -0.1) is 0 Å². The number of nitrogens with zero attached hydrogens (tertiary/aromatic N) is 2. The Morgan fingerprint density at radius 1 is 0.852 bits per heavy atom. The van der Waals surface area contributed by atoms with Gasteiger partial charge in [-0.2, -0.15) is 0 Å². The van der Waals surface area contributed by atoms with Crippen LogP contribution in [-0.2, 0) is 13.0 Å². The Balaban J connectivity index is 1.52. The Kier molecular flexibility index (Phi) is 6.92. The summed E-state index contributed by atoms with van der Waals surface area (Å²) in [6.45, 7) is 7.56. The third-order valence-corrected chi connectivity index (χ3v) is 5.63. The first-order chi connectivity index (χ1) is 13.0. The van der Waals surface area contributed by atoms with E-state index < -0.39 is 0 Å². The summed E-state index contributed by atoms with van der Waals surface area (Å²) in [7, 11) is 4.57. The normalized spacial score (nSPS) is 21.5. The van der Waals surface area contributed by atoms with Crippen molar-refractivity contribution in [2.75, 3.05) is 27.2 Å². The molecule has 2 atom stereocenters. The largest absolute Gasteiger partial charge is 0.489 e. The van der Waals surface area contributed by atoms with E-state index in [4.69, 9.17) is 4.74 Å². The van der Waals surface area contributed by atoms with Gasteiger partial charge in [0.2, 0.25) is 0 Å². The molecule has 0 radical (unpaired) electrons. The molecule has 0 N–H and O–H groups in total. The molecular weight excluding hydrogens is 332 g/mol. The van der Waals surface area contributed by atoms with Crippen LogP contribution in [0.3, 0.4) is 0 Å². The highest BCUT2D eigenvalue weighted by molar-refractivity contribution is 5.28. The summed E-state index contributed by atoms with van der Waals surface area (Å²) < 4.78 is 5.91. The fourth-order valence-electron chi connectivity index (χ4n) is 4.00. The van der Waals surface area contributed by atoms with Crippen molar-refractivity contribution in [3.8, 4) is 5.75 Å². The molecule has 1 heterocycles. The smallest absolute Gasteiger partial charge is 0.119 e. The zero-order valence-electron chi connectivity index (χ0n) is 17.3. The van der Waals surface area contributed by atoms with Gasteiger partial charge in [-0.3, -0.25) is 0 Å². The number of ether oxygens (including phenoxy) is 1. The van der Waals surface area contributed by atoms with E-state index in [1.54, 1.807) is 0 Å². The lowest BCUT2D eigenvalue weighted by Gasteiger charge is -2.44. The Hall–Kier alpha value is -1.84. The second kappa shape index (κ2) is 9.38. The van der Waals surface area contributed by atoms with Crippen LogP contribution in [0.1, 0.15) is 31.4 Å². The maximum Gasteiger partial charge on any atom is 0.119 e. The van der Waals surface area contributed by atoms with E-state index in [1.807, 2.05) is 18.2 Å². The van der Waals surface area contributed by atoms with Gasteiger partial charge in [-0.1, -0.05) is 56.3 Å². The van der Waals surface area contributed by atoms with Gasteiger partial charge in [0.1, 0.15) is 12.4 Å². The van der Waals surface area contributed by atoms with E-state index >= 15 is 0 Å². The molecule has 3 rings (SSSR count). The summed E-state index contributed by atoms with van der Waals surface area (Å²) in [6, 6.07) is 20.2. The van der Waals surface area contributed by atoms with Crippen LogP contribution >= 0.6 is 0 Å². The van der Waals surface area contributed by atoms with E-state index in [0.29, 0.717) is 18.7 Å². The van der Waals surface area contributed by atoms with E-state index in [-0.39, 0.29) is 0 Å². The zero-order valence-corrected chi connectivity index (χ0v) is 17.3. The number of hydrogen-bond donors (Lipinski definition) is 0. The summed E-state index contributed by atoms with van der Waals surface area (Å²) in [5, 5.41) is 0. The van der Waals surface area contributed by atoms with Crippen LogP contribution in [0.25, 0.3) is 0 Å². The molecule has 0 unspecified atom stereocenters. The minimum Gasteiger partial charge on any atom is -0.489 e. The molecule has 2 aromatic carbocycles. The topological polar surface area (TPSA) is 15.7 Å². The number of benzene rings is 2. The quantitative estimate of drug-likeness (QED) is 0.719. The fourth-order valence-corrected chi connectivity index (χ4v) is 4.00. The SMILES string of the molecule is CC(C)C[C@@H]1CN(C)[C@H](Cc2ccc(OCc3ccccc3)cc2)CN1C. The second-order valence-corrected chi connectivity index (χ2v) is 8.44. The highest BCUT2D eigenvalue weighted by atomic mass is 16.5. The average Bonchev–Trinajstić information content (AvgIpc) is 2.65. The summed E-state index contributed by atoms with van der Waals surface area (Å²) in [5.41, 5.74) is 2.58. The van der Waals surface area contributed by atoms with Crippen molar-refractivity contribution in [3.63, 3.8) is 0 Å². The lowest BCUT2D eigenvalue weighted by molar-refractivity contribution is 0.0533. The molecule has 1 saturated heterocycles. The van der Waals surface area contributed by atoms with Crippen LogP contribution in [0.15, 0.2) is 54.6 Å². The first kappa shape index (κ1) is 19.9. The Morgan fingerprint density at radius 3 is 2.15 bits per heavy atom. The zero-order chi connectivity index (χ0) is 19.2. The Labute approximate surface area is 164 Å². The molecule has 1 fully saturated rings. The summed E-state index contributed by atoms with van der Waals surface area (Å²) in [6.07, 6.45) is 2.37. The van der Waals surface area contributed by atoms with Gasteiger partial charge in [-0.25, -0.2) is 0 Å². The van der Waals surface area contributed by atoms with Crippen LogP contribution in [-0.4, -0.2) is 49.1 Å². The van der Waals surface area contributed by atoms with Gasteiger partial charge in [0.05, 0.1) is 0 Å². The summed E-state index contributed by atoms with van der Waals surface area (Å²) in [4.78, 5) is 5.11. The molecule has 1 aliphatic rings. The first-order valence-electron chi connectivity index (χ1n) is 10.2. The third-order valence-electron chi connectivity index (χ3n) is 5.63. The predicted octanol–water partition coefficient (Wildman–Crippen LogP) is 4.47. The molecule has 3 heteroatoms. The van der Waals surface area contributed by atoms with Crippen molar-refractivity contribution in [1.29, 1.82) is 0 Å². The molecule has 146 valence electrons. The molecule has 1 aliphatic heterocycles. The predicted molar refractivity (Wildman–Crippen MR) is 113 cm³/mol. The third kappa shape index (κ3) is 5.82. The second-order valence-electron chi connectivity index (χ2n) is 8.44. The Bertz CT molecular complexity index is 683. The summed E-state index contributed by atoms with van der Waals surface area (Å²) >= 11 is 0. The molecule has 0 amide bonds. The molecule has 0 bridgehead atoms. The maximum atomic E-state index is 5.91. The maximum absolute atomic E-state index is 5.91. The van der Waals surface area contributed by atoms with E-state index in [2.05, 4.69) is 74.1 Å². The lowest BCUT2D eigenvalue weighted by atomic mass is 9.96. The van der Waals surface area contributed by atoms with Crippen molar-refractivity contribution in [2.45, 2.75) is 45.4 Å². The highest BCUT2D eigenvalue weighted by Crippen LogP contribution is 2.22. The van der Waals surface area contributed by atoms with Crippen LogP contribution in [0.2, 0.25) is 0 Å². The van der Waals surface area contributed by atoms with Crippen molar-refractivity contribution >= 4 is 0 Å². The van der Waals surface area contributed by atoms with Gasteiger partial charge in [-0.05, 0) is 56.1 Å².